The molecular weight excluding hydrogens is 204 g/mol. The van der Waals surface area contributed by atoms with Gasteiger partial charge in [-0.15, -0.1) is 0 Å². The molecule has 2 heterocycles. The van der Waals surface area contributed by atoms with Gasteiger partial charge in [0.1, 0.15) is 0 Å². The minimum absolute atomic E-state index is 0.306. The molecule has 0 saturated heterocycles. The van der Waals surface area contributed by atoms with Crippen molar-refractivity contribution < 1.29 is 4.74 Å². The number of fused-ring (bicyclic) bond motifs is 1. The summed E-state index contributed by atoms with van der Waals surface area (Å²) in [5.41, 5.74) is 7.82. The quantitative estimate of drug-likeness (QED) is 0.789. The van der Waals surface area contributed by atoms with Crippen LogP contribution in [0.3, 0.4) is 0 Å². The first-order valence-corrected chi connectivity index (χ1v) is 5.66. The molecule has 0 fully saturated rings. The van der Waals surface area contributed by atoms with Crippen molar-refractivity contribution in [2.24, 2.45) is 0 Å². The topological polar surface area (TPSA) is 64.3 Å². The second-order valence-electron chi connectivity index (χ2n) is 3.95. The number of nitrogens with two attached hydrogens (primary N) is 1. The van der Waals surface area contributed by atoms with Crippen molar-refractivity contribution in [2.45, 2.75) is 19.8 Å². The van der Waals surface area contributed by atoms with E-state index in [1.807, 2.05) is 0 Å². The summed E-state index contributed by atoms with van der Waals surface area (Å²) in [7, 11) is 1.63. The Morgan fingerprint density at radius 3 is 2.75 bits per heavy atom. The van der Waals surface area contributed by atoms with Crippen LogP contribution in [0, 0.1) is 0 Å². The van der Waals surface area contributed by atoms with Gasteiger partial charge in [-0.25, -0.2) is 4.98 Å². The zero-order valence-corrected chi connectivity index (χ0v) is 9.86. The van der Waals surface area contributed by atoms with E-state index in [0.29, 0.717) is 11.8 Å². The number of ether oxygens (including phenoxy) is 1. The highest BCUT2D eigenvalue weighted by Gasteiger charge is 2.19. The number of rotatable bonds is 2. The third-order valence-electron chi connectivity index (χ3n) is 3.06. The lowest BCUT2D eigenvalue weighted by Gasteiger charge is -2.16. The van der Waals surface area contributed by atoms with Crippen molar-refractivity contribution in [2.75, 3.05) is 32.5 Å². The molecule has 0 aromatic carbocycles. The highest BCUT2D eigenvalue weighted by Crippen LogP contribution is 2.23. The third kappa shape index (κ3) is 2.09. The van der Waals surface area contributed by atoms with Gasteiger partial charge < -0.3 is 15.4 Å². The predicted molar refractivity (Wildman–Crippen MR) is 62.5 cm³/mol. The Labute approximate surface area is 95.6 Å². The fourth-order valence-electron chi connectivity index (χ4n) is 2.11. The van der Waals surface area contributed by atoms with Gasteiger partial charge in [0.15, 0.2) is 0 Å². The van der Waals surface area contributed by atoms with Gasteiger partial charge in [0, 0.05) is 25.1 Å². The van der Waals surface area contributed by atoms with E-state index in [4.69, 9.17) is 10.5 Å². The first-order chi connectivity index (χ1) is 7.74. The van der Waals surface area contributed by atoms with Crippen LogP contribution in [-0.4, -0.2) is 41.6 Å². The van der Waals surface area contributed by atoms with Gasteiger partial charge in [0.2, 0.25) is 11.8 Å². The van der Waals surface area contributed by atoms with Crippen molar-refractivity contribution in [1.29, 1.82) is 0 Å². The lowest BCUT2D eigenvalue weighted by molar-refractivity contribution is 0.302. The van der Waals surface area contributed by atoms with Crippen molar-refractivity contribution >= 4 is 5.95 Å². The fraction of sp³-hybridized carbons (Fsp3) is 0.636. The Hall–Kier alpha value is -1.36. The monoisotopic (exact) mass is 222 g/mol. The molecule has 0 unspecified atom stereocenters. The number of nitrogen functional groups attached to an aromatic ring is 1. The number of anilines is 1. The molecule has 0 radical (unpaired) electrons. The van der Waals surface area contributed by atoms with Crippen molar-refractivity contribution in [3.05, 3.63) is 11.3 Å². The van der Waals surface area contributed by atoms with E-state index >= 15 is 0 Å². The van der Waals surface area contributed by atoms with Crippen molar-refractivity contribution in [3.8, 4) is 5.88 Å². The Bertz CT molecular complexity index is 380. The van der Waals surface area contributed by atoms with E-state index in [9.17, 15) is 0 Å². The number of nitrogens with zero attached hydrogens (tertiary/aromatic N) is 3. The van der Waals surface area contributed by atoms with Crippen molar-refractivity contribution in [1.82, 2.24) is 14.9 Å². The molecule has 1 aromatic heterocycles. The summed E-state index contributed by atoms with van der Waals surface area (Å²) in [4.78, 5) is 10.8. The summed E-state index contributed by atoms with van der Waals surface area (Å²) in [5.74, 6) is 0.945. The standard InChI is InChI=1S/C11H18N4O/c1-3-15-6-4-8-9(5-7-15)13-11(12)14-10(8)16-2/h3-7H2,1-2H3,(H2,12,13,14). The maximum atomic E-state index is 5.66. The normalized spacial score (nSPS) is 16.6. The van der Waals surface area contributed by atoms with Gasteiger partial charge in [0.25, 0.3) is 0 Å². The predicted octanol–water partition coefficient (Wildman–Crippen LogP) is 0.488. The molecule has 1 aliphatic heterocycles. The molecule has 1 aromatic rings. The van der Waals surface area contributed by atoms with Crippen LogP contribution < -0.4 is 10.5 Å². The highest BCUT2D eigenvalue weighted by atomic mass is 16.5. The molecule has 16 heavy (non-hydrogen) atoms. The van der Waals surface area contributed by atoms with E-state index in [1.165, 1.54) is 0 Å². The molecular formula is C11H18N4O. The van der Waals surface area contributed by atoms with Crippen LogP contribution in [0.4, 0.5) is 5.95 Å². The lowest BCUT2D eigenvalue weighted by Crippen LogP contribution is -2.25. The molecule has 0 atom stereocenters. The summed E-state index contributed by atoms with van der Waals surface area (Å²) in [6.45, 7) is 5.31. The molecule has 5 heteroatoms. The van der Waals surface area contributed by atoms with Crippen molar-refractivity contribution in [3.63, 3.8) is 0 Å². The average Bonchev–Trinajstić information content (AvgIpc) is 2.50. The lowest BCUT2D eigenvalue weighted by atomic mass is 10.1. The highest BCUT2D eigenvalue weighted by molar-refractivity contribution is 5.37. The maximum Gasteiger partial charge on any atom is 0.223 e. The summed E-state index contributed by atoms with van der Waals surface area (Å²) in [6.07, 6.45) is 1.86. The van der Waals surface area contributed by atoms with E-state index < -0.39 is 0 Å². The Balaban J connectivity index is 2.33. The SMILES string of the molecule is CCN1CCc2nc(N)nc(OC)c2CC1. The van der Waals surface area contributed by atoms with Crippen LogP contribution in [-0.2, 0) is 12.8 Å². The molecule has 1 aliphatic rings. The second kappa shape index (κ2) is 4.65. The Kier molecular flexibility index (Phi) is 3.24. The first-order valence-electron chi connectivity index (χ1n) is 5.66. The molecule has 0 saturated carbocycles. The van der Waals surface area contributed by atoms with E-state index in [2.05, 4.69) is 21.8 Å². The minimum Gasteiger partial charge on any atom is -0.481 e. The Morgan fingerprint density at radius 2 is 2.06 bits per heavy atom. The summed E-state index contributed by atoms with van der Waals surface area (Å²) in [6, 6.07) is 0. The molecule has 0 amide bonds. The minimum atomic E-state index is 0.306. The largest absolute Gasteiger partial charge is 0.481 e. The number of methoxy groups -OCH3 is 1. The number of likely N-dealkylation sites (N-methyl/N-ethyl adjacent to an activating group) is 1. The average molecular weight is 222 g/mol. The van der Waals surface area contributed by atoms with Gasteiger partial charge in [-0.2, -0.15) is 4.98 Å². The van der Waals surface area contributed by atoms with E-state index in [1.54, 1.807) is 7.11 Å². The van der Waals surface area contributed by atoms with E-state index in [-0.39, 0.29) is 0 Å². The maximum absolute atomic E-state index is 5.66. The zero-order chi connectivity index (χ0) is 11.5. The van der Waals surface area contributed by atoms with Gasteiger partial charge in [-0.05, 0) is 13.0 Å². The first kappa shape index (κ1) is 11.1. The van der Waals surface area contributed by atoms with Gasteiger partial charge in [-0.1, -0.05) is 6.92 Å². The summed E-state index contributed by atoms with van der Waals surface area (Å²) < 4.78 is 5.27. The van der Waals surface area contributed by atoms with Crippen LogP contribution in [0.15, 0.2) is 0 Å². The van der Waals surface area contributed by atoms with Crippen LogP contribution in [0.25, 0.3) is 0 Å². The molecule has 2 rings (SSSR count). The molecule has 0 aliphatic carbocycles. The van der Waals surface area contributed by atoms with Gasteiger partial charge in [-0.3, -0.25) is 0 Å². The number of hydrogen-bond acceptors (Lipinski definition) is 5. The van der Waals surface area contributed by atoms with Gasteiger partial charge in [0.05, 0.1) is 12.8 Å². The second-order valence-corrected chi connectivity index (χ2v) is 3.95. The Morgan fingerprint density at radius 1 is 1.31 bits per heavy atom. The van der Waals surface area contributed by atoms with Crippen LogP contribution in [0.1, 0.15) is 18.2 Å². The molecule has 88 valence electrons. The summed E-state index contributed by atoms with van der Waals surface area (Å²) >= 11 is 0. The number of aromatic nitrogens is 2. The van der Waals surface area contributed by atoms with Crippen LogP contribution in [0.2, 0.25) is 0 Å². The molecule has 5 nitrogen and oxygen atoms in total. The molecule has 0 spiro atoms. The van der Waals surface area contributed by atoms with Gasteiger partial charge >= 0.3 is 0 Å². The molecule has 0 bridgehead atoms. The van der Waals surface area contributed by atoms with Crippen LogP contribution in [0.5, 0.6) is 5.88 Å². The fourth-order valence-corrected chi connectivity index (χ4v) is 2.11. The smallest absolute Gasteiger partial charge is 0.223 e. The number of hydrogen-bond donors (Lipinski definition) is 1. The zero-order valence-electron chi connectivity index (χ0n) is 9.86. The summed E-state index contributed by atoms with van der Waals surface area (Å²) in [5, 5.41) is 0. The van der Waals surface area contributed by atoms with Crippen LogP contribution >= 0.6 is 0 Å². The van der Waals surface area contributed by atoms with E-state index in [0.717, 1.165) is 43.7 Å². The molecule has 2 N–H and O–H groups in total. The third-order valence-corrected chi connectivity index (χ3v) is 3.06.